The largest absolute Gasteiger partial charge is 0.487 e. The Bertz CT molecular complexity index is 1360. The first-order chi connectivity index (χ1) is 16.8. The van der Waals surface area contributed by atoms with E-state index in [2.05, 4.69) is 15.6 Å². The fourth-order valence-electron chi connectivity index (χ4n) is 4.03. The number of nitrogens with zero attached hydrogens (tertiary/aromatic N) is 4. The molecule has 1 amide bonds. The lowest BCUT2D eigenvalue weighted by Gasteiger charge is -2.22. The predicted molar refractivity (Wildman–Crippen MR) is 135 cm³/mol. The highest BCUT2D eigenvalue weighted by Crippen LogP contribution is 2.32. The summed E-state index contributed by atoms with van der Waals surface area (Å²) in [4.78, 5) is 17.0. The van der Waals surface area contributed by atoms with Gasteiger partial charge in [-0.1, -0.05) is 41.9 Å². The summed E-state index contributed by atoms with van der Waals surface area (Å²) in [5.41, 5.74) is 4.94. The molecule has 0 unspecified atom stereocenters. The number of fused-ring (bicyclic) bond motifs is 1. The van der Waals surface area contributed by atoms with Gasteiger partial charge in [0.05, 0.1) is 24.1 Å². The highest BCUT2D eigenvalue weighted by Gasteiger charge is 2.21. The number of aliphatic hydroxyl groups is 1. The smallest absolute Gasteiger partial charge is 0.249 e. The maximum absolute atomic E-state index is 12.3. The molecule has 8 nitrogen and oxygen atoms in total. The first-order valence-electron chi connectivity index (χ1n) is 11.5. The summed E-state index contributed by atoms with van der Waals surface area (Å²) in [6.45, 7) is 7.66. The molecule has 0 spiro atoms. The summed E-state index contributed by atoms with van der Waals surface area (Å²) in [6.07, 6.45) is 2.70. The minimum Gasteiger partial charge on any atom is -0.487 e. The third kappa shape index (κ3) is 5.28. The van der Waals surface area contributed by atoms with Crippen LogP contribution in [0.25, 0.3) is 16.6 Å². The van der Waals surface area contributed by atoms with Crippen molar-refractivity contribution < 1.29 is 14.6 Å². The molecule has 2 heterocycles. The van der Waals surface area contributed by atoms with Crippen LogP contribution in [0.3, 0.4) is 0 Å². The van der Waals surface area contributed by atoms with E-state index in [0.29, 0.717) is 22.7 Å². The summed E-state index contributed by atoms with van der Waals surface area (Å²) < 4.78 is 7.96. The Morgan fingerprint density at radius 1 is 1.26 bits per heavy atom. The van der Waals surface area contributed by atoms with Gasteiger partial charge in [-0.3, -0.25) is 4.79 Å². The Labute approximate surface area is 208 Å². The van der Waals surface area contributed by atoms with Crippen LogP contribution in [0.2, 0.25) is 5.02 Å². The molecule has 0 fully saturated rings. The van der Waals surface area contributed by atoms with E-state index in [9.17, 15) is 9.90 Å². The van der Waals surface area contributed by atoms with Gasteiger partial charge in [-0.15, -0.1) is 5.10 Å². The van der Waals surface area contributed by atoms with E-state index in [1.807, 2.05) is 57.2 Å². The SMILES string of the molecule is CC[C@H](O)C(=O)N[C@@H](C)c1cc(C)cc(Cl)c1COc1cccc2c(-n3ccnn3)cc(C)nc12. The number of hydrogen-bond acceptors (Lipinski definition) is 6. The van der Waals surface area contributed by atoms with Crippen molar-refractivity contribution in [1.29, 1.82) is 0 Å². The molecule has 2 aromatic carbocycles. The topological polar surface area (TPSA) is 102 Å². The number of aliphatic hydroxyl groups excluding tert-OH is 1. The summed E-state index contributed by atoms with van der Waals surface area (Å²) in [5.74, 6) is 0.187. The highest BCUT2D eigenvalue weighted by atomic mass is 35.5. The number of amides is 1. The zero-order valence-electron chi connectivity index (χ0n) is 20.1. The number of halogens is 1. The maximum Gasteiger partial charge on any atom is 0.249 e. The molecule has 2 aromatic heterocycles. The number of para-hydroxylation sites is 1. The number of carbonyl (C=O) groups excluding carboxylic acids is 1. The van der Waals surface area contributed by atoms with Crippen LogP contribution in [0.4, 0.5) is 0 Å². The van der Waals surface area contributed by atoms with Gasteiger partial charge in [0.2, 0.25) is 5.91 Å². The lowest BCUT2D eigenvalue weighted by Crippen LogP contribution is -2.36. The zero-order chi connectivity index (χ0) is 25.1. The van der Waals surface area contributed by atoms with Gasteiger partial charge in [-0.2, -0.15) is 0 Å². The van der Waals surface area contributed by atoms with Crippen molar-refractivity contribution in [2.24, 2.45) is 0 Å². The highest BCUT2D eigenvalue weighted by molar-refractivity contribution is 6.31. The molecule has 0 bridgehead atoms. The third-order valence-corrected chi connectivity index (χ3v) is 6.18. The summed E-state index contributed by atoms with van der Waals surface area (Å²) in [6, 6.07) is 11.2. The summed E-state index contributed by atoms with van der Waals surface area (Å²) in [5, 5.41) is 22.2. The van der Waals surface area contributed by atoms with Crippen molar-refractivity contribution in [1.82, 2.24) is 25.3 Å². The molecule has 0 saturated heterocycles. The molecule has 9 heteroatoms. The zero-order valence-corrected chi connectivity index (χ0v) is 20.9. The monoisotopic (exact) mass is 493 g/mol. The average molecular weight is 494 g/mol. The van der Waals surface area contributed by atoms with Gasteiger partial charge in [0.1, 0.15) is 24.0 Å². The Morgan fingerprint density at radius 2 is 2.06 bits per heavy atom. The van der Waals surface area contributed by atoms with Crippen molar-refractivity contribution in [3.63, 3.8) is 0 Å². The lowest BCUT2D eigenvalue weighted by atomic mass is 9.98. The second-order valence-electron chi connectivity index (χ2n) is 8.54. The number of pyridine rings is 1. The Kier molecular flexibility index (Phi) is 7.33. The van der Waals surface area contributed by atoms with Crippen molar-refractivity contribution >= 4 is 28.4 Å². The third-order valence-electron chi connectivity index (χ3n) is 5.84. The van der Waals surface area contributed by atoms with E-state index in [4.69, 9.17) is 21.3 Å². The molecular weight excluding hydrogens is 466 g/mol. The number of aromatic nitrogens is 4. The minimum absolute atomic E-state index is 0.179. The average Bonchev–Trinajstić information content (AvgIpc) is 3.37. The summed E-state index contributed by atoms with van der Waals surface area (Å²) in [7, 11) is 0. The molecular formula is C26H28ClN5O3. The van der Waals surface area contributed by atoms with Gasteiger partial charge in [0.15, 0.2) is 0 Å². The van der Waals surface area contributed by atoms with E-state index in [1.54, 1.807) is 24.0 Å². The number of hydrogen-bond donors (Lipinski definition) is 2. The summed E-state index contributed by atoms with van der Waals surface area (Å²) >= 11 is 6.63. The van der Waals surface area contributed by atoms with Gasteiger partial charge >= 0.3 is 0 Å². The van der Waals surface area contributed by atoms with Gasteiger partial charge in [-0.05, 0) is 56.5 Å². The standard InChI is InChI=1S/C26H28ClN5O3/c1-5-23(33)26(34)30-17(4)19-11-15(2)12-21(27)20(19)14-35-24-8-6-7-18-22(32-10-9-28-31-32)13-16(3)29-25(18)24/h6-13,17,23,33H,5,14H2,1-4H3,(H,30,34)/t17-,23-/m0/s1. The fraction of sp³-hybridized carbons (Fsp3) is 0.308. The van der Waals surface area contributed by atoms with Crippen LogP contribution in [0.15, 0.2) is 48.8 Å². The van der Waals surface area contributed by atoms with Gasteiger partial charge in [0.25, 0.3) is 0 Å². The van der Waals surface area contributed by atoms with Crippen LogP contribution in [0.5, 0.6) is 5.75 Å². The van der Waals surface area contributed by atoms with Crippen LogP contribution in [-0.4, -0.2) is 37.1 Å². The van der Waals surface area contributed by atoms with Gasteiger partial charge < -0.3 is 15.2 Å². The lowest BCUT2D eigenvalue weighted by molar-refractivity contribution is -0.130. The first-order valence-corrected chi connectivity index (χ1v) is 11.8. The fourth-order valence-corrected chi connectivity index (χ4v) is 4.37. The first kappa shape index (κ1) is 24.6. The number of carbonyl (C=O) groups is 1. The second kappa shape index (κ2) is 10.4. The van der Waals surface area contributed by atoms with E-state index in [1.165, 1.54) is 0 Å². The van der Waals surface area contributed by atoms with E-state index < -0.39 is 12.0 Å². The van der Waals surface area contributed by atoms with E-state index in [-0.39, 0.29) is 12.6 Å². The second-order valence-corrected chi connectivity index (χ2v) is 8.95. The molecule has 2 atom stereocenters. The minimum atomic E-state index is -1.05. The number of rotatable bonds is 8. The van der Waals surface area contributed by atoms with Crippen molar-refractivity contribution in [3.8, 4) is 11.4 Å². The van der Waals surface area contributed by atoms with Crippen molar-refractivity contribution in [2.75, 3.05) is 0 Å². The molecule has 0 saturated carbocycles. The molecule has 0 radical (unpaired) electrons. The van der Waals surface area contributed by atoms with Crippen LogP contribution < -0.4 is 10.1 Å². The van der Waals surface area contributed by atoms with Crippen LogP contribution >= 0.6 is 11.6 Å². The maximum atomic E-state index is 12.3. The molecule has 182 valence electrons. The normalized spacial score (nSPS) is 13.0. The molecule has 4 rings (SSSR count). The number of aryl methyl sites for hydroxylation is 2. The Hall–Kier alpha value is -3.49. The quantitative estimate of drug-likeness (QED) is 0.371. The van der Waals surface area contributed by atoms with Crippen LogP contribution in [-0.2, 0) is 11.4 Å². The number of ether oxygens (including phenoxy) is 1. The predicted octanol–water partition coefficient (Wildman–Crippen LogP) is 4.61. The van der Waals surface area contributed by atoms with E-state index >= 15 is 0 Å². The van der Waals surface area contributed by atoms with Crippen molar-refractivity contribution in [2.45, 2.75) is 52.9 Å². The number of benzene rings is 2. The van der Waals surface area contributed by atoms with Crippen LogP contribution in [0, 0.1) is 13.8 Å². The molecule has 0 aliphatic rings. The molecule has 0 aliphatic heterocycles. The molecule has 0 aliphatic carbocycles. The molecule has 2 N–H and O–H groups in total. The number of nitrogens with one attached hydrogen (secondary N) is 1. The Balaban J connectivity index is 1.67. The molecule has 35 heavy (non-hydrogen) atoms. The van der Waals surface area contributed by atoms with Gasteiger partial charge in [-0.25, -0.2) is 9.67 Å². The van der Waals surface area contributed by atoms with Crippen LogP contribution in [0.1, 0.15) is 48.7 Å². The Morgan fingerprint density at radius 3 is 2.77 bits per heavy atom. The van der Waals surface area contributed by atoms with Gasteiger partial charge in [0, 0.05) is 21.7 Å². The van der Waals surface area contributed by atoms with E-state index in [0.717, 1.165) is 33.5 Å². The van der Waals surface area contributed by atoms with Crippen molar-refractivity contribution in [3.05, 3.63) is 76.2 Å². The molecule has 4 aromatic rings.